The number of nitrogens with two attached hydrogens (primary N) is 3. The Kier molecular flexibility index (Phi) is 2.39. The minimum Gasteiger partial charge on any atom is -0.398 e. The molecule has 0 saturated heterocycles. The van der Waals surface area contributed by atoms with E-state index in [1.54, 1.807) is 6.07 Å². The Morgan fingerprint density at radius 1 is 1.20 bits per heavy atom. The number of benzene rings is 1. The Balaban J connectivity index is 2.63. The average molecular weight is 316 g/mol. The van der Waals surface area contributed by atoms with Crippen LogP contribution in [0.3, 0.4) is 0 Å². The van der Waals surface area contributed by atoms with E-state index in [9.17, 15) is 0 Å². The number of anilines is 2. The maximum atomic E-state index is 5.82. The Morgan fingerprint density at radius 3 is 2.53 bits per heavy atom. The van der Waals surface area contributed by atoms with Gasteiger partial charge in [-0.05, 0) is 40.8 Å². The molecule has 7 heteroatoms. The van der Waals surface area contributed by atoms with Crippen molar-refractivity contribution in [2.75, 3.05) is 17.3 Å². The molecule has 0 saturated carbocycles. The van der Waals surface area contributed by atoms with Crippen molar-refractivity contribution in [2.24, 2.45) is 0 Å². The van der Waals surface area contributed by atoms with Crippen LogP contribution in [0.1, 0.15) is 0 Å². The molecule has 0 aliphatic carbocycles. The van der Waals surface area contributed by atoms with E-state index in [-0.39, 0.29) is 5.95 Å². The monoisotopic (exact) mass is 316 g/mol. The number of halogens is 1. The highest BCUT2D eigenvalue weighted by Gasteiger charge is 2.12. The van der Waals surface area contributed by atoms with E-state index in [0.29, 0.717) is 11.5 Å². The van der Waals surface area contributed by atoms with Crippen molar-refractivity contribution in [1.29, 1.82) is 0 Å². The lowest BCUT2D eigenvalue weighted by molar-refractivity contribution is 1.02. The smallest absolute Gasteiger partial charge is 0.241 e. The van der Waals surface area contributed by atoms with Crippen LogP contribution in [0, 0.1) is 3.57 Å². The van der Waals surface area contributed by atoms with Gasteiger partial charge in [0.15, 0.2) is 5.82 Å². The van der Waals surface area contributed by atoms with Crippen molar-refractivity contribution >= 4 is 34.2 Å². The minimum atomic E-state index is 0.156. The largest absolute Gasteiger partial charge is 0.398 e. The van der Waals surface area contributed by atoms with E-state index < -0.39 is 0 Å². The quantitative estimate of drug-likeness (QED) is 0.401. The summed E-state index contributed by atoms with van der Waals surface area (Å²) in [5, 5.41) is 7.54. The summed E-state index contributed by atoms with van der Waals surface area (Å²) in [5.41, 5.74) is 12.6. The van der Waals surface area contributed by atoms with Crippen LogP contribution < -0.4 is 17.3 Å². The molecule has 15 heavy (non-hydrogen) atoms. The second-order valence-electron chi connectivity index (χ2n) is 2.98. The molecule has 2 rings (SSSR count). The van der Waals surface area contributed by atoms with Crippen LogP contribution >= 0.6 is 22.6 Å². The molecular formula is C8H9IN6. The third kappa shape index (κ3) is 1.69. The summed E-state index contributed by atoms with van der Waals surface area (Å²) in [4.78, 5) is 0. The highest BCUT2D eigenvalue weighted by atomic mass is 127. The van der Waals surface area contributed by atoms with Crippen molar-refractivity contribution in [2.45, 2.75) is 0 Å². The maximum Gasteiger partial charge on any atom is 0.241 e. The summed E-state index contributed by atoms with van der Waals surface area (Å²) in [5.74, 6) is 6.28. The molecule has 0 fully saturated rings. The van der Waals surface area contributed by atoms with Crippen molar-refractivity contribution in [3.8, 4) is 11.4 Å². The van der Waals surface area contributed by atoms with Crippen LogP contribution in [0.15, 0.2) is 18.2 Å². The highest BCUT2D eigenvalue weighted by Crippen LogP contribution is 2.25. The molecule has 78 valence electrons. The summed E-state index contributed by atoms with van der Waals surface area (Å²) in [6.07, 6.45) is 0. The Morgan fingerprint density at radius 2 is 1.93 bits per heavy atom. The summed E-state index contributed by atoms with van der Waals surface area (Å²) < 4.78 is 2.25. The van der Waals surface area contributed by atoms with Gasteiger partial charge in [-0.1, -0.05) is 0 Å². The molecule has 0 radical (unpaired) electrons. The molecule has 1 aromatic heterocycles. The van der Waals surface area contributed by atoms with E-state index in [1.807, 2.05) is 12.1 Å². The molecule has 0 spiro atoms. The van der Waals surface area contributed by atoms with E-state index in [2.05, 4.69) is 32.8 Å². The van der Waals surface area contributed by atoms with Gasteiger partial charge in [0.2, 0.25) is 5.95 Å². The molecule has 2 aromatic rings. The van der Waals surface area contributed by atoms with E-state index in [1.165, 1.54) is 4.68 Å². The van der Waals surface area contributed by atoms with Gasteiger partial charge in [-0.15, -0.1) is 10.2 Å². The fourth-order valence-corrected chi connectivity index (χ4v) is 1.70. The summed E-state index contributed by atoms with van der Waals surface area (Å²) in [6, 6.07) is 5.57. The van der Waals surface area contributed by atoms with Crippen molar-refractivity contribution in [3.05, 3.63) is 21.8 Å². The van der Waals surface area contributed by atoms with Gasteiger partial charge >= 0.3 is 0 Å². The fraction of sp³-hybridized carbons (Fsp3) is 0. The Hall–Kier alpha value is -1.51. The lowest BCUT2D eigenvalue weighted by atomic mass is 10.2. The lowest BCUT2D eigenvalue weighted by Crippen LogP contribution is -2.13. The van der Waals surface area contributed by atoms with Gasteiger partial charge in [0.05, 0.1) is 0 Å². The molecule has 0 unspecified atom stereocenters. The maximum absolute atomic E-state index is 5.82. The number of rotatable bonds is 1. The predicted molar refractivity (Wildman–Crippen MR) is 67.2 cm³/mol. The summed E-state index contributed by atoms with van der Waals surface area (Å²) >= 11 is 2.18. The first-order valence-electron chi connectivity index (χ1n) is 4.11. The van der Waals surface area contributed by atoms with Gasteiger partial charge in [-0.3, -0.25) is 0 Å². The molecular weight excluding hydrogens is 307 g/mol. The first kappa shape index (κ1) is 10.0. The molecule has 0 aliphatic rings. The Labute approximate surface area is 99.6 Å². The second-order valence-corrected chi connectivity index (χ2v) is 4.23. The van der Waals surface area contributed by atoms with Gasteiger partial charge in [-0.25, -0.2) is 4.68 Å². The van der Waals surface area contributed by atoms with Gasteiger partial charge in [0.25, 0.3) is 0 Å². The zero-order valence-electron chi connectivity index (χ0n) is 7.68. The fourth-order valence-electron chi connectivity index (χ4n) is 1.21. The number of hydrogen-bond acceptors (Lipinski definition) is 5. The van der Waals surface area contributed by atoms with Crippen molar-refractivity contribution in [1.82, 2.24) is 14.9 Å². The number of nitrogens with zero attached hydrogens (tertiary/aromatic N) is 3. The van der Waals surface area contributed by atoms with Gasteiger partial charge in [0, 0.05) is 14.8 Å². The van der Waals surface area contributed by atoms with Gasteiger partial charge < -0.3 is 17.3 Å². The third-order valence-corrected chi connectivity index (χ3v) is 2.65. The van der Waals surface area contributed by atoms with Crippen molar-refractivity contribution < 1.29 is 0 Å². The summed E-state index contributed by atoms with van der Waals surface area (Å²) in [6.45, 7) is 0. The number of nitrogen functional groups attached to an aromatic ring is 3. The molecule has 6 N–H and O–H groups in total. The predicted octanol–water partition coefficient (Wildman–Crippen LogP) is 0.428. The molecule has 0 amide bonds. The number of hydrogen-bond donors (Lipinski definition) is 3. The molecule has 1 heterocycles. The average Bonchev–Trinajstić information content (AvgIpc) is 2.52. The zero-order chi connectivity index (χ0) is 11.0. The van der Waals surface area contributed by atoms with Crippen molar-refractivity contribution in [3.63, 3.8) is 0 Å². The number of aromatic nitrogens is 3. The third-order valence-electron chi connectivity index (χ3n) is 1.98. The highest BCUT2D eigenvalue weighted by molar-refractivity contribution is 14.1. The van der Waals surface area contributed by atoms with Crippen LogP contribution in [-0.4, -0.2) is 14.9 Å². The lowest BCUT2D eigenvalue weighted by Gasteiger charge is -2.05. The van der Waals surface area contributed by atoms with Crippen LogP contribution in [0.25, 0.3) is 11.4 Å². The molecule has 0 atom stereocenters. The first-order chi connectivity index (χ1) is 7.09. The molecule has 0 bridgehead atoms. The van der Waals surface area contributed by atoms with E-state index >= 15 is 0 Å². The molecule has 6 nitrogen and oxygen atoms in total. The molecule has 0 aliphatic heterocycles. The van der Waals surface area contributed by atoms with E-state index in [0.717, 1.165) is 9.13 Å². The van der Waals surface area contributed by atoms with Crippen LogP contribution in [0.2, 0.25) is 0 Å². The summed E-state index contributed by atoms with van der Waals surface area (Å²) in [7, 11) is 0. The first-order valence-corrected chi connectivity index (χ1v) is 5.19. The van der Waals surface area contributed by atoms with E-state index in [4.69, 9.17) is 17.3 Å². The van der Waals surface area contributed by atoms with Crippen LogP contribution in [-0.2, 0) is 0 Å². The van der Waals surface area contributed by atoms with Gasteiger partial charge in [0.1, 0.15) is 0 Å². The topological polar surface area (TPSA) is 109 Å². The normalized spacial score (nSPS) is 10.5. The van der Waals surface area contributed by atoms with Gasteiger partial charge in [-0.2, -0.15) is 0 Å². The standard InChI is InChI=1S/C8H9IN6/c9-4-1-2-6(10)5(3-4)7-13-14-8(11)15(7)12/h1-3H,10,12H2,(H2,11,14). The Bertz CT molecular complexity index is 506. The molecule has 1 aromatic carbocycles. The second kappa shape index (κ2) is 3.57. The van der Waals surface area contributed by atoms with Crippen LogP contribution in [0.5, 0.6) is 0 Å². The SMILES string of the molecule is Nc1ccc(I)cc1-c1nnc(N)n1N. The zero-order valence-corrected chi connectivity index (χ0v) is 9.84. The minimum absolute atomic E-state index is 0.156. The van der Waals surface area contributed by atoms with Crippen LogP contribution in [0.4, 0.5) is 11.6 Å².